The molecule has 0 aliphatic heterocycles. The van der Waals surface area contributed by atoms with E-state index >= 15 is 0 Å². The topological polar surface area (TPSA) is 35.2 Å². The largest absolute Gasteiger partial charge is 0.489 e. The molecule has 0 aliphatic carbocycles. The van der Waals surface area contributed by atoms with Crippen LogP contribution in [-0.2, 0) is 0 Å². The molecule has 0 radical (unpaired) electrons. The first-order chi connectivity index (χ1) is 6.72. The molecule has 4 heteroatoms. The van der Waals surface area contributed by atoms with E-state index in [2.05, 4.69) is 0 Å². The van der Waals surface area contributed by atoms with Crippen molar-refractivity contribution >= 4 is 23.2 Å². The Labute approximate surface area is 93.3 Å². The highest BCUT2D eigenvalue weighted by Gasteiger charge is 1.97. The Morgan fingerprint density at radius 2 is 1.79 bits per heavy atom. The molecule has 0 spiro atoms. The Bertz CT molecular complexity index is 306. The van der Waals surface area contributed by atoms with Gasteiger partial charge in [0.05, 0.1) is 0 Å². The molecular formula is C10H11Cl2NO. The second-order valence-electron chi connectivity index (χ2n) is 2.62. The van der Waals surface area contributed by atoms with Gasteiger partial charge < -0.3 is 10.5 Å². The third kappa shape index (κ3) is 4.01. The van der Waals surface area contributed by atoms with Crippen molar-refractivity contribution in [1.29, 1.82) is 0 Å². The molecule has 0 unspecified atom stereocenters. The Balaban J connectivity index is 2.54. The first kappa shape index (κ1) is 11.4. The van der Waals surface area contributed by atoms with Crippen molar-refractivity contribution in [2.24, 2.45) is 5.73 Å². The quantitative estimate of drug-likeness (QED) is 0.810. The van der Waals surface area contributed by atoms with Crippen molar-refractivity contribution < 1.29 is 4.74 Å². The minimum atomic E-state index is 0.466. The van der Waals surface area contributed by atoms with Gasteiger partial charge in [0.25, 0.3) is 0 Å². The number of halogens is 2. The highest BCUT2D eigenvalue weighted by molar-refractivity contribution is 6.34. The lowest BCUT2D eigenvalue weighted by atomic mass is 10.3. The van der Waals surface area contributed by atoms with Gasteiger partial charge in [-0.15, -0.1) is 0 Å². The van der Waals surface area contributed by atoms with Gasteiger partial charge in [0.15, 0.2) is 0 Å². The van der Waals surface area contributed by atoms with Crippen LogP contribution in [0, 0.1) is 0 Å². The Hall–Kier alpha value is -0.700. The van der Waals surface area contributed by atoms with Crippen molar-refractivity contribution in [2.45, 2.75) is 0 Å². The molecule has 0 heterocycles. The van der Waals surface area contributed by atoms with E-state index < -0.39 is 0 Å². The van der Waals surface area contributed by atoms with E-state index in [1.165, 1.54) is 0 Å². The third-order valence-electron chi connectivity index (χ3n) is 1.49. The summed E-state index contributed by atoms with van der Waals surface area (Å²) in [5.41, 5.74) is 5.27. The van der Waals surface area contributed by atoms with Gasteiger partial charge in [-0.25, -0.2) is 0 Å². The second-order valence-corrected chi connectivity index (χ2v) is 3.50. The second kappa shape index (κ2) is 5.91. The number of hydrogen-bond acceptors (Lipinski definition) is 2. The summed E-state index contributed by atoms with van der Waals surface area (Å²) in [6.45, 7) is 0.980. The monoisotopic (exact) mass is 231 g/mol. The van der Waals surface area contributed by atoms with Crippen molar-refractivity contribution in [3.8, 4) is 5.75 Å². The SMILES string of the molecule is NCC=CCOc1cc(Cl)cc(Cl)c1. The van der Waals surface area contributed by atoms with Gasteiger partial charge in [-0.3, -0.25) is 0 Å². The smallest absolute Gasteiger partial charge is 0.122 e. The molecule has 0 saturated heterocycles. The fraction of sp³-hybridized carbons (Fsp3) is 0.200. The maximum atomic E-state index is 5.79. The van der Waals surface area contributed by atoms with Crippen LogP contribution in [0.2, 0.25) is 10.0 Å². The lowest BCUT2D eigenvalue weighted by Crippen LogP contribution is -1.97. The summed E-state index contributed by atoms with van der Waals surface area (Å²) in [6, 6.07) is 5.08. The van der Waals surface area contributed by atoms with Crippen LogP contribution in [0.4, 0.5) is 0 Å². The van der Waals surface area contributed by atoms with Crippen LogP contribution < -0.4 is 10.5 Å². The summed E-state index contributed by atoms with van der Waals surface area (Å²) < 4.78 is 5.36. The van der Waals surface area contributed by atoms with Gasteiger partial charge in [-0.2, -0.15) is 0 Å². The van der Waals surface area contributed by atoms with Gasteiger partial charge in [0.1, 0.15) is 12.4 Å². The van der Waals surface area contributed by atoms with Gasteiger partial charge in [-0.1, -0.05) is 35.4 Å². The summed E-state index contributed by atoms with van der Waals surface area (Å²) in [7, 11) is 0. The molecule has 0 amide bonds. The fourth-order valence-corrected chi connectivity index (χ4v) is 1.43. The van der Waals surface area contributed by atoms with E-state index in [0.717, 1.165) is 0 Å². The molecule has 0 aliphatic rings. The summed E-state index contributed by atoms with van der Waals surface area (Å²) in [5, 5.41) is 1.13. The summed E-state index contributed by atoms with van der Waals surface area (Å²) >= 11 is 11.6. The van der Waals surface area contributed by atoms with Crippen molar-refractivity contribution in [1.82, 2.24) is 0 Å². The molecule has 0 bridgehead atoms. The number of nitrogens with two attached hydrogens (primary N) is 1. The predicted octanol–water partition coefficient (Wildman–Crippen LogP) is 2.89. The normalized spacial score (nSPS) is 10.8. The van der Waals surface area contributed by atoms with Gasteiger partial charge in [0, 0.05) is 16.6 Å². The molecule has 2 nitrogen and oxygen atoms in total. The predicted molar refractivity (Wildman–Crippen MR) is 60.2 cm³/mol. The molecule has 0 fully saturated rings. The Morgan fingerprint density at radius 3 is 2.36 bits per heavy atom. The van der Waals surface area contributed by atoms with Gasteiger partial charge in [-0.05, 0) is 18.2 Å². The standard InChI is InChI=1S/C10H11Cl2NO/c11-8-5-9(12)7-10(6-8)14-4-2-1-3-13/h1-2,5-7H,3-4,13H2. The first-order valence-electron chi connectivity index (χ1n) is 4.16. The van der Waals surface area contributed by atoms with Crippen LogP contribution in [0.5, 0.6) is 5.75 Å². The maximum Gasteiger partial charge on any atom is 0.122 e. The number of benzene rings is 1. The summed E-state index contributed by atoms with van der Waals surface area (Å²) in [4.78, 5) is 0. The van der Waals surface area contributed by atoms with E-state index in [1.807, 2.05) is 12.2 Å². The zero-order valence-electron chi connectivity index (χ0n) is 7.54. The fourth-order valence-electron chi connectivity index (χ4n) is 0.920. The van der Waals surface area contributed by atoms with Crippen molar-refractivity contribution in [3.05, 3.63) is 40.4 Å². The first-order valence-corrected chi connectivity index (χ1v) is 4.92. The van der Waals surface area contributed by atoms with E-state index in [9.17, 15) is 0 Å². The van der Waals surface area contributed by atoms with Crippen molar-refractivity contribution in [2.75, 3.05) is 13.2 Å². The Morgan fingerprint density at radius 1 is 1.14 bits per heavy atom. The van der Waals surface area contributed by atoms with Crippen LogP contribution in [0.3, 0.4) is 0 Å². The molecule has 76 valence electrons. The lowest BCUT2D eigenvalue weighted by Gasteiger charge is -2.03. The molecule has 0 saturated carbocycles. The molecule has 0 aromatic heterocycles. The van der Waals surface area contributed by atoms with Gasteiger partial charge >= 0.3 is 0 Å². The van der Waals surface area contributed by atoms with Crippen molar-refractivity contribution in [3.63, 3.8) is 0 Å². The van der Waals surface area contributed by atoms with E-state index in [-0.39, 0.29) is 0 Å². The zero-order valence-corrected chi connectivity index (χ0v) is 9.05. The molecular weight excluding hydrogens is 221 g/mol. The molecule has 2 N–H and O–H groups in total. The Kier molecular flexibility index (Phi) is 4.80. The third-order valence-corrected chi connectivity index (χ3v) is 1.92. The molecule has 1 aromatic carbocycles. The highest BCUT2D eigenvalue weighted by atomic mass is 35.5. The average molecular weight is 232 g/mol. The minimum absolute atomic E-state index is 0.466. The number of hydrogen-bond donors (Lipinski definition) is 1. The lowest BCUT2D eigenvalue weighted by molar-refractivity contribution is 0.362. The zero-order chi connectivity index (χ0) is 10.4. The van der Waals surface area contributed by atoms with Crippen LogP contribution in [0.1, 0.15) is 0 Å². The number of ether oxygens (including phenoxy) is 1. The van der Waals surface area contributed by atoms with Crippen LogP contribution in [0.25, 0.3) is 0 Å². The highest BCUT2D eigenvalue weighted by Crippen LogP contribution is 2.23. The van der Waals surface area contributed by atoms with Crippen LogP contribution in [0.15, 0.2) is 30.4 Å². The van der Waals surface area contributed by atoms with E-state index in [0.29, 0.717) is 28.9 Å². The van der Waals surface area contributed by atoms with Gasteiger partial charge in [0.2, 0.25) is 0 Å². The molecule has 14 heavy (non-hydrogen) atoms. The average Bonchev–Trinajstić information content (AvgIpc) is 2.11. The maximum absolute atomic E-state index is 5.79. The van der Waals surface area contributed by atoms with E-state index in [4.69, 9.17) is 33.7 Å². The molecule has 0 atom stereocenters. The molecule has 1 aromatic rings. The van der Waals surface area contributed by atoms with Crippen LogP contribution >= 0.6 is 23.2 Å². The molecule has 1 rings (SSSR count). The minimum Gasteiger partial charge on any atom is -0.489 e. The van der Waals surface area contributed by atoms with E-state index in [1.54, 1.807) is 18.2 Å². The number of rotatable bonds is 4. The summed E-state index contributed by atoms with van der Waals surface area (Å²) in [6.07, 6.45) is 3.67. The summed E-state index contributed by atoms with van der Waals surface area (Å²) in [5.74, 6) is 0.657. The van der Waals surface area contributed by atoms with Crippen LogP contribution in [-0.4, -0.2) is 13.2 Å².